The van der Waals surface area contributed by atoms with Gasteiger partial charge in [0.05, 0.1) is 15.7 Å². The zero-order valence-corrected chi connectivity index (χ0v) is 24.3. The van der Waals surface area contributed by atoms with Gasteiger partial charge < -0.3 is 14.0 Å². The smallest absolute Gasteiger partial charge is 0.158 e. The van der Waals surface area contributed by atoms with Crippen molar-refractivity contribution in [3.8, 4) is 5.75 Å². The van der Waals surface area contributed by atoms with Crippen LogP contribution in [-0.2, 0) is 17.0 Å². The van der Waals surface area contributed by atoms with E-state index in [1.54, 1.807) is 17.8 Å². The number of thioether (sulfide) groups is 1. The van der Waals surface area contributed by atoms with Gasteiger partial charge in [0.25, 0.3) is 0 Å². The first-order valence-corrected chi connectivity index (χ1v) is 14.8. The fourth-order valence-electron chi connectivity index (χ4n) is 3.97. The van der Waals surface area contributed by atoms with Crippen LogP contribution in [0.2, 0.25) is 10.0 Å². The van der Waals surface area contributed by atoms with Crippen molar-refractivity contribution in [1.29, 1.82) is 0 Å². The number of benzene rings is 3. The summed E-state index contributed by atoms with van der Waals surface area (Å²) in [5.41, 5.74) is 5.67. The minimum absolute atomic E-state index is 0.212. The minimum atomic E-state index is -2.54. The second-order valence-corrected chi connectivity index (χ2v) is 11.8. The Morgan fingerprint density at radius 1 is 0.944 bits per heavy atom. The minimum Gasteiger partial charge on any atom is -0.755 e. The van der Waals surface area contributed by atoms with Crippen LogP contribution in [0.1, 0.15) is 80.2 Å². The Labute approximate surface area is 231 Å². The van der Waals surface area contributed by atoms with E-state index in [4.69, 9.17) is 27.9 Å². The molecular formula is C28H32Cl2NO3S2-. The molecular weight excluding hydrogens is 533 g/mol. The van der Waals surface area contributed by atoms with E-state index in [-0.39, 0.29) is 10.9 Å². The molecule has 0 saturated heterocycles. The third kappa shape index (κ3) is 7.42. The van der Waals surface area contributed by atoms with E-state index >= 15 is 0 Å². The molecule has 0 amide bonds. The molecule has 0 bridgehead atoms. The zero-order chi connectivity index (χ0) is 26.4. The molecule has 194 valence electrons. The summed E-state index contributed by atoms with van der Waals surface area (Å²) in [6.45, 7) is 10.7. The van der Waals surface area contributed by atoms with Crippen molar-refractivity contribution in [3.63, 3.8) is 0 Å². The molecule has 3 aromatic rings. The summed E-state index contributed by atoms with van der Waals surface area (Å²) < 4.78 is 31.7. The lowest BCUT2D eigenvalue weighted by molar-refractivity contribution is 0.393. The summed E-state index contributed by atoms with van der Waals surface area (Å²) in [6.07, 6.45) is 0. The van der Waals surface area contributed by atoms with Gasteiger partial charge in [-0.1, -0.05) is 106 Å². The van der Waals surface area contributed by atoms with Crippen LogP contribution >= 0.6 is 35.0 Å². The maximum atomic E-state index is 11.6. The normalized spacial score (nSPS) is 13.2. The van der Waals surface area contributed by atoms with Gasteiger partial charge in [-0.05, 0) is 40.2 Å². The Bertz CT molecular complexity index is 1180. The number of hydrogen-bond donors (Lipinski definition) is 1. The van der Waals surface area contributed by atoms with Crippen molar-refractivity contribution >= 4 is 51.9 Å². The third-order valence-corrected chi connectivity index (χ3v) is 7.94. The highest BCUT2D eigenvalue weighted by Gasteiger charge is 2.24. The van der Waals surface area contributed by atoms with E-state index in [2.05, 4.69) is 62.7 Å². The van der Waals surface area contributed by atoms with Crippen molar-refractivity contribution in [2.45, 2.75) is 58.1 Å². The topological polar surface area (TPSA) is 61.4 Å². The van der Waals surface area contributed by atoms with Gasteiger partial charge in [0.15, 0.2) is 5.75 Å². The van der Waals surface area contributed by atoms with E-state index in [9.17, 15) is 8.76 Å². The number of halogens is 2. The summed E-state index contributed by atoms with van der Waals surface area (Å²) in [4.78, 5) is 0. The Morgan fingerprint density at radius 3 is 2.08 bits per heavy atom. The van der Waals surface area contributed by atoms with Crippen LogP contribution in [0.4, 0.5) is 5.69 Å². The molecule has 0 aliphatic carbocycles. The van der Waals surface area contributed by atoms with Gasteiger partial charge in [0.2, 0.25) is 0 Å². The average molecular weight is 566 g/mol. The number of ether oxygens (including phenoxy) is 1. The van der Waals surface area contributed by atoms with Crippen molar-refractivity contribution in [2.75, 3.05) is 10.7 Å². The van der Waals surface area contributed by atoms with Crippen molar-refractivity contribution in [2.24, 2.45) is 0 Å². The van der Waals surface area contributed by atoms with Gasteiger partial charge in [0, 0.05) is 28.5 Å². The lowest BCUT2D eigenvalue weighted by Gasteiger charge is -2.24. The fourth-order valence-corrected chi connectivity index (χ4v) is 5.75. The zero-order valence-electron chi connectivity index (χ0n) is 21.1. The van der Waals surface area contributed by atoms with Crippen LogP contribution in [0.25, 0.3) is 0 Å². The summed E-state index contributed by atoms with van der Waals surface area (Å²) >= 11 is 12.5. The van der Waals surface area contributed by atoms with Gasteiger partial charge in [0.1, 0.15) is 5.94 Å². The SMILES string of the molecule is CC(C)c1cc(C(C)C)cc(C(C)c2c(NS(=O)[O-])cc(Cl)c(OCSCc3ccccc3)c2Cl)c1. The largest absolute Gasteiger partial charge is 0.755 e. The molecule has 0 spiro atoms. The van der Waals surface area contributed by atoms with Gasteiger partial charge in [-0.2, -0.15) is 0 Å². The predicted octanol–water partition coefficient (Wildman–Crippen LogP) is 8.87. The molecule has 1 N–H and O–H groups in total. The lowest BCUT2D eigenvalue weighted by atomic mass is 9.85. The Balaban J connectivity index is 1.98. The molecule has 0 heterocycles. The van der Waals surface area contributed by atoms with Crippen molar-refractivity contribution < 1.29 is 13.5 Å². The number of anilines is 1. The maximum Gasteiger partial charge on any atom is 0.158 e. The van der Waals surface area contributed by atoms with Gasteiger partial charge in [-0.3, -0.25) is 4.21 Å². The van der Waals surface area contributed by atoms with Gasteiger partial charge in [-0.15, -0.1) is 11.8 Å². The van der Waals surface area contributed by atoms with Crippen LogP contribution in [0.3, 0.4) is 0 Å². The number of nitrogens with one attached hydrogen (secondary N) is 1. The van der Waals surface area contributed by atoms with Crippen molar-refractivity contribution in [1.82, 2.24) is 0 Å². The first-order valence-electron chi connectivity index (χ1n) is 11.9. The molecule has 3 aromatic carbocycles. The van der Waals surface area contributed by atoms with Crippen LogP contribution in [0.5, 0.6) is 5.75 Å². The van der Waals surface area contributed by atoms with E-state index in [0.29, 0.717) is 39.8 Å². The van der Waals surface area contributed by atoms with E-state index in [1.807, 2.05) is 25.1 Å². The summed E-state index contributed by atoms with van der Waals surface area (Å²) in [6, 6.07) is 18.3. The third-order valence-electron chi connectivity index (χ3n) is 6.07. The summed E-state index contributed by atoms with van der Waals surface area (Å²) in [5.74, 6) is 1.98. The molecule has 3 rings (SSSR count). The van der Waals surface area contributed by atoms with E-state index in [0.717, 1.165) is 11.3 Å². The summed E-state index contributed by atoms with van der Waals surface area (Å²) in [7, 11) is 0. The van der Waals surface area contributed by atoms with Crippen LogP contribution in [0, 0.1) is 0 Å². The molecule has 0 aliphatic heterocycles. The fraction of sp³-hybridized carbons (Fsp3) is 0.357. The summed E-state index contributed by atoms with van der Waals surface area (Å²) in [5, 5.41) is 0.562. The van der Waals surface area contributed by atoms with E-state index in [1.165, 1.54) is 16.7 Å². The lowest BCUT2D eigenvalue weighted by Crippen LogP contribution is -2.10. The predicted molar refractivity (Wildman–Crippen MR) is 154 cm³/mol. The van der Waals surface area contributed by atoms with Crippen LogP contribution in [0.15, 0.2) is 54.6 Å². The Kier molecular flexibility index (Phi) is 10.6. The Hall–Kier alpha value is -1.70. The van der Waals surface area contributed by atoms with Crippen molar-refractivity contribution in [3.05, 3.63) is 92.5 Å². The van der Waals surface area contributed by atoms with Crippen LogP contribution in [-0.4, -0.2) is 14.7 Å². The standard InChI is InChI=1S/C28H33Cl2NO3S2/c1-17(2)21-11-22(18(3)4)13-23(12-21)19(5)26-25(31-36(32)33)14-24(29)28(27(26)30)34-16-35-15-20-9-7-6-8-10-20/h6-14,17-19,31H,15-16H2,1-5H3,(H,32,33)/p-1. The highest BCUT2D eigenvalue weighted by molar-refractivity contribution is 7.98. The van der Waals surface area contributed by atoms with Crippen LogP contribution < -0.4 is 9.46 Å². The number of hydrogen-bond acceptors (Lipinski definition) is 4. The molecule has 0 aromatic heterocycles. The first kappa shape index (κ1) is 28.9. The monoisotopic (exact) mass is 564 g/mol. The molecule has 2 unspecified atom stereocenters. The van der Waals surface area contributed by atoms with Gasteiger partial charge in [-0.25, -0.2) is 0 Å². The molecule has 0 radical (unpaired) electrons. The quantitative estimate of drug-likeness (QED) is 0.143. The average Bonchev–Trinajstić information content (AvgIpc) is 2.83. The highest BCUT2D eigenvalue weighted by Crippen LogP contribution is 2.46. The molecule has 4 nitrogen and oxygen atoms in total. The molecule has 8 heteroatoms. The molecule has 0 fully saturated rings. The highest BCUT2D eigenvalue weighted by atomic mass is 35.5. The second-order valence-electron chi connectivity index (χ2n) is 9.36. The Morgan fingerprint density at radius 2 is 1.53 bits per heavy atom. The molecule has 0 saturated carbocycles. The second kappa shape index (κ2) is 13.2. The maximum absolute atomic E-state index is 11.6. The molecule has 0 aliphatic rings. The number of rotatable bonds is 11. The van der Waals surface area contributed by atoms with E-state index < -0.39 is 11.3 Å². The first-order chi connectivity index (χ1) is 17.1. The van der Waals surface area contributed by atoms with Gasteiger partial charge >= 0.3 is 0 Å². The molecule has 36 heavy (non-hydrogen) atoms. The molecule has 2 atom stereocenters.